The number of carbonyl (C=O) groups excluding carboxylic acids is 1. The van der Waals surface area contributed by atoms with Crippen molar-refractivity contribution >= 4 is 5.97 Å². The Bertz CT molecular complexity index is 245. The van der Waals surface area contributed by atoms with Gasteiger partial charge in [0.1, 0.15) is 0 Å². The van der Waals surface area contributed by atoms with Gasteiger partial charge in [0, 0.05) is 0 Å². The van der Waals surface area contributed by atoms with Gasteiger partial charge in [0.05, 0.1) is 12.0 Å². The van der Waals surface area contributed by atoms with E-state index in [0.717, 1.165) is 12.8 Å². The summed E-state index contributed by atoms with van der Waals surface area (Å²) in [7, 11) is 0. The van der Waals surface area contributed by atoms with Gasteiger partial charge in [0.25, 0.3) is 0 Å². The highest BCUT2D eigenvalue weighted by molar-refractivity contribution is 5.78. The zero-order valence-electron chi connectivity index (χ0n) is 10.7. The molecule has 1 fully saturated rings. The molecular weight excluding hydrogens is 188 g/mol. The van der Waals surface area contributed by atoms with Crippen LogP contribution in [0.5, 0.6) is 0 Å². The zero-order valence-corrected chi connectivity index (χ0v) is 10.7. The van der Waals surface area contributed by atoms with Crippen molar-refractivity contribution in [2.75, 3.05) is 6.61 Å². The molecule has 1 saturated carbocycles. The van der Waals surface area contributed by atoms with Crippen LogP contribution in [-0.4, -0.2) is 12.6 Å². The largest absolute Gasteiger partial charge is 0.466 e. The summed E-state index contributed by atoms with van der Waals surface area (Å²) < 4.78 is 5.25. The van der Waals surface area contributed by atoms with Crippen LogP contribution in [0, 0.1) is 16.7 Å². The molecule has 0 amide bonds. The van der Waals surface area contributed by atoms with Crippen molar-refractivity contribution in [2.45, 2.75) is 53.9 Å². The first kappa shape index (κ1) is 12.5. The zero-order chi connectivity index (χ0) is 11.7. The van der Waals surface area contributed by atoms with Crippen LogP contribution < -0.4 is 0 Å². The van der Waals surface area contributed by atoms with Gasteiger partial charge >= 0.3 is 5.97 Å². The van der Waals surface area contributed by atoms with E-state index in [9.17, 15) is 4.79 Å². The number of hydrogen-bond acceptors (Lipinski definition) is 2. The van der Waals surface area contributed by atoms with E-state index in [0.29, 0.717) is 12.5 Å². The summed E-state index contributed by atoms with van der Waals surface area (Å²) in [6.45, 7) is 11.0. The molecule has 0 aliphatic heterocycles. The first-order valence-electron chi connectivity index (χ1n) is 6.03. The third-order valence-corrected chi connectivity index (χ3v) is 4.53. The Morgan fingerprint density at radius 3 is 2.47 bits per heavy atom. The summed E-state index contributed by atoms with van der Waals surface area (Å²) in [5.41, 5.74) is -0.266. The third kappa shape index (κ3) is 1.91. The molecule has 0 aromatic heterocycles. The maximum absolute atomic E-state index is 12.1. The summed E-state index contributed by atoms with van der Waals surface area (Å²) in [6, 6.07) is 0. The maximum Gasteiger partial charge on any atom is 0.312 e. The van der Waals surface area contributed by atoms with Crippen LogP contribution in [0.25, 0.3) is 0 Å². The molecule has 0 heterocycles. The Kier molecular flexibility index (Phi) is 3.47. The third-order valence-electron chi connectivity index (χ3n) is 4.53. The standard InChI is InChI=1S/C13H24O2/c1-6-15-11(14)13(5)10(2)8-7-9-12(13,3)4/h10H,6-9H2,1-5H3. The molecule has 2 heteroatoms. The topological polar surface area (TPSA) is 26.3 Å². The molecule has 0 N–H and O–H groups in total. The summed E-state index contributed by atoms with van der Waals surface area (Å²) in [5, 5.41) is 0. The smallest absolute Gasteiger partial charge is 0.312 e. The van der Waals surface area contributed by atoms with Gasteiger partial charge in [0.15, 0.2) is 0 Å². The van der Waals surface area contributed by atoms with Crippen molar-refractivity contribution in [3.05, 3.63) is 0 Å². The second-order valence-corrected chi connectivity index (χ2v) is 5.60. The predicted molar refractivity (Wildman–Crippen MR) is 61.5 cm³/mol. The van der Waals surface area contributed by atoms with Crippen molar-refractivity contribution in [1.29, 1.82) is 0 Å². The van der Waals surface area contributed by atoms with Gasteiger partial charge in [-0.1, -0.05) is 27.2 Å². The Hall–Kier alpha value is -0.530. The average Bonchev–Trinajstić information content (AvgIpc) is 2.14. The van der Waals surface area contributed by atoms with E-state index in [1.165, 1.54) is 6.42 Å². The minimum atomic E-state index is -0.318. The Balaban J connectivity index is 2.98. The molecule has 0 aromatic carbocycles. The summed E-state index contributed by atoms with van der Waals surface area (Å²) in [4.78, 5) is 12.1. The van der Waals surface area contributed by atoms with Gasteiger partial charge in [-0.15, -0.1) is 0 Å². The van der Waals surface area contributed by atoms with Crippen molar-refractivity contribution in [1.82, 2.24) is 0 Å². The molecule has 88 valence electrons. The van der Waals surface area contributed by atoms with E-state index in [2.05, 4.69) is 27.7 Å². The minimum absolute atomic E-state index is 0.0119. The lowest BCUT2D eigenvalue weighted by Gasteiger charge is -2.49. The first-order chi connectivity index (χ1) is 6.86. The van der Waals surface area contributed by atoms with Crippen LogP contribution in [0.15, 0.2) is 0 Å². The van der Waals surface area contributed by atoms with Gasteiger partial charge < -0.3 is 4.74 Å². The summed E-state index contributed by atoms with van der Waals surface area (Å²) >= 11 is 0. The molecular formula is C13H24O2. The van der Waals surface area contributed by atoms with Crippen molar-refractivity contribution < 1.29 is 9.53 Å². The number of hydrogen-bond donors (Lipinski definition) is 0. The highest BCUT2D eigenvalue weighted by Crippen LogP contribution is 2.53. The van der Waals surface area contributed by atoms with Gasteiger partial charge in [-0.05, 0) is 38.0 Å². The second kappa shape index (κ2) is 4.15. The van der Waals surface area contributed by atoms with Gasteiger partial charge in [-0.3, -0.25) is 4.79 Å². The van der Waals surface area contributed by atoms with Crippen LogP contribution in [0.2, 0.25) is 0 Å². The van der Waals surface area contributed by atoms with Crippen molar-refractivity contribution in [2.24, 2.45) is 16.7 Å². The monoisotopic (exact) mass is 212 g/mol. The molecule has 1 aliphatic carbocycles. The lowest BCUT2D eigenvalue weighted by atomic mass is 9.54. The number of esters is 1. The molecule has 15 heavy (non-hydrogen) atoms. The molecule has 1 aliphatic rings. The van der Waals surface area contributed by atoms with E-state index < -0.39 is 0 Å². The van der Waals surface area contributed by atoms with E-state index in [1.807, 2.05) is 6.92 Å². The second-order valence-electron chi connectivity index (χ2n) is 5.60. The van der Waals surface area contributed by atoms with Gasteiger partial charge in [-0.2, -0.15) is 0 Å². The molecule has 0 radical (unpaired) electrons. The van der Waals surface area contributed by atoms with E-state index in [4.69, 9.17) is 4.74 Å². The highest BCUT2D eigenvalue weighted by atomic mass is 16.5. The van der Waals surface area contributed by atoms with Crippen LogP contribution in [0.3, 0.4) is 0 Å². The fourth-order valence-corrected chi connectivity index (χ4v) is 2.82. The number of carbonyl (C=O) groups is 1. The van der Waals surface area contributed by atoms with Crippen molar-refractivity contribution in [3.63, 3.8) is 0 Å². The molecule has 2 unspecified atom stereocenters. The van der Waals surface area contributed by atoms with E-state index >= 15 is 0 Å². The molecule has 0 spiro atoms. The van der Waals surface area contributed by atoms with E-state index in [1.54, 1.807) is 0 Å². The molecule has 0 aromatic rings. The normalized spacial score (nSPS) is 34.9. The van der Waals surface area contributed by atoms with Gasteiger partial charge in [0.2, 0.25) is 0 Å². The molecule has 1 rings (SSSR count). The summed E-state index contributed by atoms with van der Waals surface area (Å²) in [5.74, 6) is 0.405. The fraction of sp³-hybridized carbons (Fsp3) is 0.923. The SMILES string of the molecule is CCOC(=O)C1(C)C(C)CCCC1(C)C. The van der Waals surface area contributed by atoms with Crippen molar-refractivity contribution in [3.8, 4) is 0 Å². The molecule has 0 saturated heterocycles. The highest BCUT2D eigenvalue weighted by Gasteiger charge is 2.53. The summed E-state index contributed by atoms with van der Waals surface area (Å²) in [6.07, 6.45) is 3.48. The minimum Gasteiger partial charge on any atom is -0.466 e. The van der Waals surface area contributed by atoms with E-state index in [-0.39, 0.29) is 16.8 Å². The lowest BCUT2D eigenvalue weighted by molar-refractivity contribution is -0.171. The van der Waals surface area contributed by atoms with Crippen LogP contribution >= 0.6 is 0 Å². The predicted octanol–water partition coefficient (Wildman–Crippen LogP) is 3.40. The quantitative estimate of drug-likeness (QED) is 0.656. The average molecular weight is 212 g/mol. The van der Waals surface area contributed by atoms with Gasteiger partial charge in [-0.25, -0.2) is 0 Å². The Morgan fingerprint density at radius 2 is 2.00 bits per heavy atom. The maximum atomic E-state index is 12.1. The van der Waals surface area contributed by atoms with Crippen LogP contribution in [0.1, 0.15) is 53.9 Å². The Morgan fingerprint density at radius 1 is 1.40 bits per heavy atom. The van der Waals surface area contributed by atoms with Crippen LogP contribution in [-0.2, 0) is 9.53 Å². The Labute approximate surface area is 93.4 Å². The molecule has 2 nitrogen and oxygen atoms in total. The first-order valence-corrected chi connectivity index (χ1v) is 6.03. The number of ether oxygens (including phenoxy) is 1. The lowest BCUT2D eigenvalue weighted by Crippen LogP contribution is -2.50. The number of rotatable bonds is 2. The van der Waals surface area contributed by atoms with Crippen LogP contribution in [0.4, 0.5) is 0 Å². The molecule has 2 atom stereocenters. The molecule has 0 bridgehead atoms. The fourth-order valence-electron chi connectivity index (χ4n) is 2.82.